The number of hydrogen-bond acceptors (Lipinski definition) is 2. The van der Waals surface area contributed by atoms with E-state index in [1.54, 1.807) is 0 Å². The standard InChI is InChI=1S/C12H19NO/c1-5-14-12-8-10(4)6-7-11(12)13-9(2)3/h6-9,13H,5H2,1-4H3. The molecule has 0 aliphatic rings. The maximum Gasteiger partial charge on any atom is 0.142 e. The summed E-state index contributed by atoms with van der Waals surface area (Å²) in [5, 5.41) is 3.36. The van der Waals surface area contributed by atoms with E-state index in [0.29, 0.717) is 12.6 Å². The molecule has 0 bridgehead atoms. The SMILES string of the molecule is CCOc1cc(C)ccc1NC(C)C. The molecule has 14 heavy (non-hydrogen) atoms. The predicted octanol–water partition coefficient (Wildman–Crippen LogP) is 3.21. The summed E-state index contributed by atoms with van der Waals surface area (Å²) < 4.78 is 5.56. The smallest absolute Gasteiger partial charge is 0.142 e. The summed E-state index contributed by atoms with van der Waals surface area (Å²) in [6.07, 6.45) is 0. The first-order valence-electron chi connectivity index (χ1n) is 5.13. The molecular formula is C12H19NO. The van der Waals surface area contributed by atoms with Crippen molar-refractivity contribution < 1.29 is 4.74 Å². The van der Waals surface area contributed by atoms with Gasteiger partial charge < -0.3 is 10.1 Å². The Hall–Kier alpha value is -1.18. The lowest BCUT2D eigenvalue weighted by atomic mass is 10.2. The molecule has 1 aromatic rings. The topological polar surface area (TPSA) is 21.3 Å². The van der Waals surface area contributed by atoms with Crippen molar-refractivity contribution in [2.75, 3.05) is 11.9 Å². The summed E-state index contributed by atoms with van der Waals surface area (Å²) >= 11 is 0. The Bertz CT molecular complexity index is 294. The zero-order chi connectivity index (χ0) is 10.6. The Labute approximate surface area is 86.3 Å². The number of anilines is 1. The van der Waals surface area contributed by atoms with Crippen LogP contribution in [0, 0.1) is 6.92 Å². The van der Waals surface area contributed by atoms with Gasteiger partial charge in [-0.2, -0.15) is 0 Å². The summed E-state index contributed by atoms with van der Waals surface area (Å²) in [7, 11) is 0. The molecule has 0 saturated carbocycles. The van der Waals surface area contributed by atoms with Crippen LogP contribution in [0.2, 0.25) is 0 Å². The first-order valence-corrected chi connectivity index (χ1v) is 5.13. The normalized spacial score (nSPS) is 10.4. The van der Waals surface area contributed by atoms with Crippen molar-refractivity contribution in [1.29, 1.82) is 0 Å². The van der Waals surface area contributed by atoms with E-state index in [4.69, 9.17) is 4.74 Å². The van der Waals surface area contributed by atoms with Crippen molar-refractivity contribution in [2.24, 2.45) is 0 Å². The second-order valence-electron chi connectivity index (χ2n) is 3.73. The van der Waals surface area contributed by atoms with E-state index in [9.17, 15) is 0 Å². The quantitative estimate of drug-likeness (QED) is 0.792. The fourth-order valence-electron chi connectivity index (χ4n) is 1.33. The first-order chi connectivity index (χ1) is 6.63. The zero-order valence-corrected chi connectivity index (χ0v) is 9.42. The first kappa shape index (κ1) is 10.9. The fourth-order valence-corrected chi connectivity index (χ4v) is 1.33. The molecule has 2 nitrogen and oxygen atoms in total. The van der Waals surface area contributed by atoms with Crippen LogP contribution in [0.15, 0.2) is 18.2 Å². The van der Waals surface area contributed by atoms with Crippen LogP contribution in [0.25, 0.3) is 0 Å². The van der Waals surface area contributed by atoms with Gasteiger partial charge in [0.2, 0.25) is 0 Å². The van der Waals surface area contributed by atoms with Crippen LogP contribution >= 0.6 is 0 Å². The Morgan fingerprint density at radius 1 is 1.36 bits per heavy atom. The van der Waals surface area contributed by atoms with E-state index in [2.05, 4.69) is 44.3 Å². The molecule has 2 heteroatoms. The molecule has 1 aromatic carbocycles. The minimum absolute atomic E-state index is 0.428. The third-order valence-corrected chi connectivity index (χ3v) is 1.88. The van der Waals surface area contributed by atoms with Gasteiger partial charge in [0.1, 0.15) is 5.75 Å². The number of hydrogen-bond donors (Lipinski definition) is 1. The minimum Gasteiger partial charge on any atom is -0.492 e. The van der Waals surface area contributed by atoms with Crippen LogP contribution in [0.4, 0.5) is 5.69 Å². The fraction of sp³-hybridized carbons (Fsp3) is 0.500. The molecule has 1 rings (SSSR count). The van der Waals surface area contributed by atoms with Crippen LogP contribution in [-0.4, -0.2) is 12.6 Å². The van der Waals surface area contributed by atoms with Crippen molar-refractivity contribution in [3.05, 3.63) is 23.8 Å². The predicted molar refractivity (Wildman–Crippen MR) is 61.1 cm³/mol. The van der Waals surface area contributed by atoms with Crippen molar-refractivity contribution >= 4 is 5.69 Å². The molecular weight excluding hydrogens is 174 g/mol. The van der Waals surface area contributed by atoms with Crippen LogP contribution in [-0.2, 0) is 0 Å². The molecule has 0 saturated heterocycles. The number of ether oxygens (including phenoxy) is 1. The number of aryl methyl sites for hydroxylation is 1. The second-order valence-corrected chi connectivity index (χ2v) is 3.73. The zero-order valence-electron chi connectivity index (χ0n) is 9.42. The largest absolute Gasteiger partial charge is 0.492 e. The third kappa shape index (κ3) is 2.95. The highest BCUT2D eigenvalue weighted by Gasteiger charge is 2.04. The molecule has 0 unspecified atom stereocenters. The van der Waals surface area contributed by atoms with Gasteiger partial charge in [-0.15, -0.1) is 0 Å². The molecule has 0 atom stereocenters. The van der Waals surface area contributed by atoms with E-state index in [0.717, 1.165) is 11.4 Å². The molecule has 0 aliphatic heterocycles. The lowest BCUT2D eigenvalue weighted by Crippen LogP contribution is -2.11. The van der Waals surface area contributed by atoms with E-state index in [-0.39, 0.29) is 0 Å². The summed E-state index contributed by atoms with van der Waals surface area (Å²) in [5.41, 5.74) is 2.30. The maximum atomic E-state index is 5.56. The highest BCUT2D eigenvalue weighted by atomic mass is 16.5. The third-order valence-electron chi connectivity index (χ3n) is 1.88. The number of nitrogens with one attached hydrogen (secondary N) is 1. The lowest BCUT2D eigenvalue weighted by molar-refractivity contribution is 0.341. The van der Waals surface area contributed by atoms with Gasteiger partial charge in [0, 0.05) is 6.04 Å². The average Bonchev–Trinajstić information content (AvgIpc) is 2.09. The summed E-state index contributed by atoms with van der Waals surface area (Å²) in [5.74, 6) is 0.946. The molecule has 1 N–H and O–H groups in total. The number of rotatable bonds is 4. The van der Waals surface area contributed by atoms with E-state index in [1.807, 2.05) is 6.92 Å². The van der Waals surface area contributed by atoms with Gasteiger partial charge in [-0.25, -0.2) is 0 Å². The van der Waals surface area contributed by atoms with Gasteiger partial charge in [0.15, 0.2) is 0 Å². The van der Waals surface area contributed by atoms with Crippen molar-refractivity contribution in [2.45, 2.75) is 33.7 Å². The van der Waals surface area contributed by atoms with Crippen LogP contribution < -0.4 is 10.1 Å². The Balaban J connectivity index is 2.89. The highest BCUT2D eigenvalue weighted by molar-refractivity contribution is 5.58. The lowest BCUT2D eigenvalue weighted by Gasteiger charge is -2.15. The van der Waals surface area contributed by atoms with E-state index in [1.165, 1.54) is 5.56 Å². The summed E-state index contributed by atoms with van der Waals surface area (Å²) in [4.78, 5) is 0. The van der Waals surface area contributed by atoms with Gasteiger partial charge in [0.25, 0.3) is 0 Å². The van der Waals surface area contributed by atoms with E-state index < -0.39 is 0 Å². The van der Waals surface area contributed by atoms with Crippen LogP contribution in [0.5, 0.6) is 5.75 Å². The van der Waals surface area contributed by atoms with Gasteiger partial charge in [-0.05, 0) is 45.4 Å². The monoisotopic (exact) mass is 193 g/mol. The Morgan fingerprint density at radius 3 is 2.64 bits per heavy atom. The van der Waals surface area contributed by atoms with Crippen molar-refractivity contribution in [1.82, 2.24) is 0 Å². The molecule has 0 spiro atoms. The molecule has 0 fully saturated rings. The van der Waals surface area contributed by atoms with Gasteiger partial charge in [-0.3, -0.25) is 0 Å². The molecule has 0 radical (unpaired) electrons. The Kier molecular flexibility index (Phi) is 3.81. The van der Waals surface area contributed by atoms with Gasteiger partial charge in [0.05, 0.1) is 12.3 Å². The summed E-state index contributed by atoms with van der Waals surface area (Å²) in [6.45, 7) is 9.02. The van der Waals surface area contributed by atoms with Crippen LogP contribution in [0.1, 0.15) is 26.3 Å². The highest BCUT2D eigenvalue weighted by Crippen LogP contribution is 2.26. The molecule has 0 amide bonds. The van der Waals surface area contributed by atoms with Gasteiger partial charge in [-0.1, -0.05) is 6.07 Å². The minimum atomic E-state index is 0.428. The Morgan fingerprint density at radius 2 is 2.07 bits per heavy atom. The maximum absolute atomic E-state index is 5.56. The van der Waals surface area contributed by atoms with Crippen molar-refractivity contribution in [3.63, 3.8) is 0 Å². The molecule has 78 valence electrons. The molecule has 0 aromatic heterocycles. The average molecular weight is 193 g/mol. The molecule has 0 heterocycles. The van der Waals surface area contributed by atoms with Gasteiger partial charge >= 0.3 is 0 Å². The van der Waals surface area contributed by atoms with Crippen LogP contribution in [0.3, 0.4) is 0 Å². The molecule has 0 aliphatic carbocycles. The number of benzene rings is 1. The van der Waals surface area contributed by atoms with E-state index >= 15 is 0 Å². The second kappa shape index (κ2) is 4.89. The summed E-state index contributed by atoms with van der Waals surface area (Å²) in [6, 6.07) is 6.65. The van der Waals surface area contributed by atoms with Crippen molar-refractivity contribution in [3.8, 4) is 5.75 Å².